The van der Waals surface area contributed by atoms with Crippen LogP contribution in [0.2, 0.25) is 0 Å². The first-order chi connectivity index (χ1) is 6.77. The van der Waals surface area contributed by atoms with Gasteiger partial charge in [0, 0.05) is 12.1 Å². The molecule has 1 saturated carbocycles. The van der Waals surface area contributed by atoms with Crippen molar-refractivity contribution in [1.82, 2.24) is 4.90 Å². The third-order valence-corrected chi connectivity index (χ3v) is 4.11. The maximum atomic E-state index is 5.93. The Bertz CT molecular complexity index is 173. The number of nitrogens with zero attached hydrogens (tertiary/aromatic N) is 1. The summed E-state index contributed by atoms with van der Waals surface area (Å²) in [5.41, 5.74) is 5.93. The van der Waals surface area contributed by atoms with Crippen LogP contribution in [0.4, 0.5) is 0 Å². The highest BCUT2D eigenvalue weighted by Crippen LogP contribution is 2.29. The molecule has 2 N–H and O–H groups in total. The van der Waals surface area contributed by atoms with Gasteiger partial charge in [0.2, 0.25) is 0 Å². The number of rotatable bonds is 1. The molecule has 1 aliphatic heterocycles. The van der Waals surface area contributed by atoms with Gasteiger partial charge in [0.1, 0.15) is 0 Å². The van der Waals surface area contributed by atoms with E-state index in [0.717, 1.165) is 12.0 Å². The van der Waals surface area contributed by atoms with E-state index in [1.54, 1.807) is 0 Å². The second-order valence-electron chi connectivity index (χ2n) is 5.20. The van der Waals surface area contributed by atoms with Gasteiger partial charge in [0.15, 0.2) is 0 Å². The van der Waals surface area contributed by atoms with Crippen molar-refractivity contribution in [3.63, 3.8) is 0 Å². The monoisotopic (exact) mass is 196 g/mol. The van der Waals surface area contributed by atoms with Crippen LogP contribution in [0.1, 0.15) is 45.4 Å². The van der Waals surface area contributed by atoms with E-state index in [0.29, 0.717) is 6.04 Å². The minimum Gasteiger partial charge on any atom is -0.328 e. The van der Waals surface area contributed by atoms with Gasteiger partial charge in [-0.1, -0.05) is 19.8 Å². The summed E-state index contributed by atoms with van der Waals surface area (Å²) in [6, 6.07) is 1.35. The Morgan fingerprint density at radius 3 is 2.29 bits per heavy atom. The zero-order valence-corrected chi connectivity index (χ0v) is 9.41. The number of piperidine rings is 1. The molecule has 82 valence electrons. The molecule has 2 fully saturated rings. The van der Waals surface area contributed by atoms with Gasteiger partial charge >= 0.3 is 0 Å². The van der Waals surface area contributed by atoms with E-state index < -0.39 is 0 Å². The third-order valence-electron chi connectivity index (χ3n) is 4.11. The molecular formula is C12H24N2. The van der Waals surface area contributed by atoms with Gasteiger partial charge in [-0.15, -0.1) is 0 Å². The Morgan fingerprint density at radius 1 is 1.00 bits per heavy atom. The largest absolute Gasteiger partial charge is 0.328 e. The van der Waals surface area contributed by atoms with Crippen LogP contribution in [-0.4, -0.2) is 30.1 Å². The van der Waals surface area contributed by atoms with Gasteiger partial charge in [-0.25, -0.2) is 0 Å². The lowest BCUT2D eigenvalue weighted by atomic mass is 9.84. The predicted molar refractivity (Wildman–Crippen MR) is 60.2 cm³/mol. The highest BCUT2D eigenvalue weighted by atomic mass is 15.2. The summed E-state index contributed by atoms with van der Waals surface area (Å²) >= 11 is 0. The van der Waals surface area contributed by atoms with E-state index in [4.69, 9.17) is 5.73 Å². The molecule has 14 heavy (non-hydrogen) atoms. The molecule has 0 aromatic carbocycles. The highest BCUT2D eigenvalue weighted by molar-refractivity contribution is 4.85. The summed E-state index contributed by atoms with van der Waals surface area (Å²) in [6.45, 7) is 4.92. The van der Waals surface area contributed by atoms with Gasteiger partial charge in [-0.3, -0.25) is 0 Å². The van der Waals surface area contributed by atoms with E-state index in [2.05, 4.69) is 11.8 Å². The summed E-state index contributed by atoms with van der Waals surface area (Å²) in [6.07, 6.45) is 8.18. The van der Waals surface area contributed by atoms with Crippen LogP contribution in [0.5, 0.6) is 0 Å². The van der Waals surface area contributed by atoms with E-state index in [-0.39, 0.29) is 0 Å². The first kappa shape index (κ1) is 10.4. The molecule has 0 aromatic rings. The van der Waals surface area contributed by atoms with E-state index in [1.165, 1.54) is 51.6 Å². The lowest BCUT2D eigenvalue weighted by Crippen LogP contribution is -2.48. The molecule has 2 atom stereocenters. The van der Waals surface area contributed by atoms with Crippen LogP contribution < -0.4 is 5.73 Å². The Kier molecular flexibility index (Phi) is 3.45. The van der Waals surface area contributed by atoms with E-state index >= 15 is 0 Å². The van der Waals surface area contributed by atoms with E-state index in [1.807, 2.05) is 0 Å². The van der Waals surface area contributed by atoms with Gasteiger partial charge in [0.05, 0.1) is 0 Å². The van der Waals surface area contributed by atoms with Crippen LogP contribution in [0.3, 0.4) is 0 Å². The van der Waals surface area contributed by atoms with Crippen LogP contribution in [-0.2, 0) is 0 Å². The zero-order chi connectivity index (χ0) is 9.97. The normalized spacial score (nSPS) is 37.3. The Balaban J connectivity index is 1.87. The molecule has 0 unspecified atom stereocenters. The number of likely N-dealkylation sites (tertiary alicyclic amines) is 1. The fourth-order valence-corrected chi connectivity index (χ4v) is 3.09. The average Bonchev–Trinajstić information content (AvgIpc) is 2.20. The lowest BCUT2D eigenvalue weighted by Gasteiger charge is -2.41. The van der Waals surface area contributed by atoms with Crippen LogP contribution >= 0.6 is 0 Å². The summed E-state index contributed by atoms with van der Waals surface area (Å²) in [5, 5.41) is 0. The summed E-state index contributed by atoms with van der Waals surface area (Å²) in [4.78, 5) is 2.70. The molecule has 0 spiro atoms. The lowest BCUT2D eigenvalue weighted by molar-refractivity contribution is 0.0866. The SMILES string of the molecule is C[C@@H]1CCCC[C@H]1N1CCC(N)CC1. The fourth-order valence-electron chi connectivity index (χ4n) is 3.09. The quantitative estimate of drug-likeness (QED) is 0.695. The number of nitrogens with two attached hydrogens (primary N) is 1. The first-order valence-electron chi connectivity index (χ1n) is 6.27. The highest BCUT2D eigenvalue weighted by Gasteiger charge is 2.29. The van der Waals surface area contributed by atoms with E-state index in [9.17, 15) is 0 Å². The standard InChI is InChI=1S/C12H24N2/c1-10-4-2-3-5-12(10)14-8-6-11(13)7-9-14/h10-12H,2-9,13H2,1H3/t10-,12-/m1/s1. The second kappa shape index (κ2) is 4.63. The van der Waals surface area contributed by atoms with Crippen molar-refractivity contribution < 1.29 is 0 Å². The molecule has 2 rings (SSSR count). The Morgan fingerprint density at radius 2 is 1.64 bits per heavy atom. The molecule has 2 aliphatic rings. The van der Waals surface area contributed by atoms with Gasteiger partial charge in [-0.2, -0.15) is 0 Å². The van der Waals surface area contributed by atoms with Crippen LogP contribution in [0.25, 0.3) is 0 Å². The predicted octanol–water partition coefficient (Wildman–Crippen LogP) is 1.99. The summed E-state index contributed by atoms with van der Waals surface area (Å²) in [5.74, 6) is 0.915. The molecule has 2 heteroatoms. The Hall–Kier alpha value is -0.0800. The molecule has 0 aromatic heterocycles. The van der Waals surface area contributed by atoms with Crippen molar-refractivity contribution in [3.05, 3.63) is 0 Å². The van der Waals surface area contributed by atoms with Gasteiger partial charge < -0.3 is 10.6 Å². The average molecular weight is 196 g/mol. The van der Waals surface area contributed by atoms with Crippen molar-refractivity contribution in [2.45, 2.75) is 57.5 Å². The zero-order valence-electron chi connectivity index (χ0n) is 9.41. The Labute approximate surface area is 87.8 Å². The van der Waals surface area contributed by atoms with Crippen LogP contribution in [0, 0.1) is 5.92 Å². The molecule has 2 nitrogen and oxygen atoms in total. The minimum absolute atomic E-state index is 0.477. The minimum atomic E-state index is 0.477. The van der Waals surface area contributed by atoms with Crippen molar-refractivity contribution in [1.29, 1.82) is 0 Å². The second-order valence-corrected chi connectivity index (χ2v) is 5.20. The van der Waals surface area contributed by atoms with Crippen molar-refractivity contribution >= 4 is 0 Å². The topological polar surface area (TPSA) is 29.3 Å². The maximum Gasteiger partial charge on any atom is 0.0121 e. The van der Waals surface area contributed by atoms with Gasteiger partial charge in [-0.05, 0) is 44.7 Å². The molecule has 0 amide bonds. The molecule has 0 radical (unpaired) electrons. The smallest absolute Gasteiger partial charge is 0.0121 e. The number of hydrogen-bond donors (Lipinski definition) is 1. The van der Waals surface area contributed by atoms with Crippen molar-refractivity contribution in [2.24, 2.45) is 11.7 Å². The fraction of sp³-hybridized carbons (Fsp3) is 1.00. The first-order valence-corrected chi connectivity index (χ1v) is 6.27. The molecular weight excluding hydrogens is 172 g/mol. The van der Waals surface area contributed by atoms with Crippen molar-refractivity contribution in [3.8, 4) is 0 Å². The third kappa shape index (κ3) is 2.29. The van der Waals surface area contributed by atoms with Crippen molar-refractivity contribution in [2.75, 3.05) is 13.1 Å². The molecule has 1 saturated heterocycles. The van der Waals surface area contributed by atoms with Crippen LogP contribution in [0.15, 0.2) is 0 Å². The summed E-state index contributed by atoms with van der Waals surface area (Å²) < 4.78 is 0. The maximum absolute atomic E-state index is 5.93. The molecule has 1 aliphatic carbocycles. The molecule has 0 bridgehead atoms. The molecule has 1 heterocycles. The van der Waals surface area contributed by atoms with Gasteiger partial charge in [0.25, 0.3) is 0 Å². The number of hydrogen-bond acceptors (Lipinski definition) is 2. The summed E-state index contributed by atoms with van der Waals surface area (Å²) in [7, 11) is 0.